The maximum atomic E-state index is 13.3. The van der Waals surface area contributed by atoms with Crippen molar-refractivity contribution in [2.75, 3.05) is 4.90 Å². The summed E-state index contributed by atoms with van der Waals surface area (Å²) < 4.78 is 0. The topological polar surface area (TPSA) is 75.8 Å². The molecule has 3 aromatic rings. The fourth-order valence-electron chi connectivity index (χ4n) is 3.17. The van der Waals surface area contributed by atoms with Gasteiger partial charge in [0.15, 0.2) is 0 Å². The summed E-state index contributed by atoms with van der Waals surface area (Å²) in [6, 6.07) is 20.8. The summed E-state index contributed by atoms with van der Waals surface area (Å²) in [4.78, 5) is 30.2. The predicted molar refractivity (Wildman–Crippen MR) is 118 cm³/mol. The zero-order valence-corrected chi connectivity index (χ0v) is 16.7. The van der Waals surface area contributed by atoms with Crippen molar-refractivity contribution in [2.45, 2.75) is 6.92 Å². The molecule has 30 heavy (non-hydrogen) atoms. The molecule has 0 unspecified atom stereocenters. The molecule has 0 bridgehead atoms. The number of aryl methyl sites for hydroxylation is 1. The Morgan fingerprint density at radius 2 is 1.67 bits per heavy atom. The molecule has 0 aliphatic carbocycles. The van der Waals surface area contributed by atoms with Crippen molar-refractivity contribution in [3.8, 4) is 0 Å². The van der Waals surface area contributed by atoms with Crippen LogP contribution in [0.3, 0.4) is 0 Å². The summed E-state index contributed by atoms with van der Waals surface area (Å²) in [7, 11) is 0. The molecule has 0 N–H and O–H groups in total. The lowest BCUT2D eigenvalue weighted by Gasteiger charge is -2.18. The second-order valence-corrected chi connectivity index (χ2v) is 7.20. The molecule has 148 valence electrons. The highest BCUT2D eigenvalue weighted by atomic mass is 35.5. The van der Waals surface area contributed by atoms with Crippen LogP contribution in [0.2, 0.25) is 5.02 Å². The molecular formula is C23H16ClN3O3. The second kappa shape index (κ2) is 7.93. The Morgan fingerprint density at radius 1 is 1.00 bits per heavy atom. The quantitative estimate of drug-likeness (QED) is 0.324. The fourth-order valence-corrected chi connectivity index (χ4v) is 3.29. The van der Waals surface area contributed by atoms with Gasteiger partial charge in [0.2, 0.25) is 0 Å². The number of carbonyl (C=O) groups is 1. The van der Waals surface area contributed by atoms with E-state index in [1.807, 2.05) is 31.2 Å². The highest BCUT2D eigenvalue weighted by Gasteiger charge is 2.33. The largest absolute Gasteiger partial charge is 0.282 e. The van der Waals surface area contributed by atoms with Crippen LogP contribution in [-0.2, 0) is 4.79 Å². The molecule has 7 heteroatoms. The molecule has 1 heterocycles. The molecule has 4 rings (SSSR count). The van der Waals surface area contributed by atoms with Gasteiger partial charge in [-0.25, -0.2) is 4.99 Å². The molecule has 0 atom stereocenters. The Hall–Kier alpha value is -3.77. The highest BCUT2D eigenvalue weighted by molar-refractivity contribution is 6.34. The number of amidine groups is 1. The van der Waals surface area contributed by atoms with E-state index in [-0.39, 0.29) is 17.3 Å². The smallest absolute Gasteiger partial charge is 0.266 e. The molecule has 1 aliphatic heterocycles. The van der Waals surface area contributed by atoms with Gasteiger partial charge >= 0.3 is 0 Å². The third-order valence-corrected chi connectivity index (χ3v) is 4.93. The average Bonchev–Trinajstić information content (AvgIpc) is 3.05. The van der Waals surface area contributed by atoms with Crippen molar-refractivity contribution < 1.29 is 9.72 Å². The van der Waals surface area contributed by atoms with Crippen molar-refractivity contribution in [2.24, 2.45) is 4.99 Å². The van der Waals surface area contributed by atoms with E-state index in [1.54, 1.807) is 42.5 Å². The van der Waals surface area contributed by atoms with Gasteiger partial charge < -0.3 is 0 Å². The van der Waals surface area contributed by atoms with Crippen LogP contribution in [0.1, 0.15) is 16.7 Å². The summed E-state index contributed by atoms with van der Waals surface area (Å²) in [6.07, 6.45) is 1.45. The van der Waals surface area contributed by atoms with E-state index in [9.17, 15) is 14.9 Å². The molecule has 1 amide bonds. The number of nitro benzene ring substituents is 1. The van der Waals surface area contributed by atoms with E-state index in [1.165, 1.54) is 17.0 Å². The number of para-hydroxylation sites is 1. The van der Waals surface area contributed by atoms with Crippen LogP contribution in [0.15, 0.2) is 83.5 Å². The summed E-state index contributed by atoms with van der Waals surface area (Å²) in [5.41, 5.74) is 2.79. The maximum Gasteiger partial charge on any atom is 0.282 e. The molecular weight excluding hydrogens is 402 g/mol. The first-order valence-corrected chi connectivity index (χ1v) is 9.53. The molecule has 0 fully saturated rings. The van der Waals surface area contributed by atoms with Gasteiger partial charge in [0.05, 0.1) is 16.2 Å². The maximum absolute atomic E-state index is 13.3. The summed E-state index contributed by atoms with van der Waals surface area (Å²) >= 11 is 6.00. The minimum absolute atomic E-state index is 0.0881. The number of halogens is 1. The van der Waals surface area contributed by atoms with Crippen LogP contribution in [-0.4, -0.2) is 16.7 Å². The first-order valence-electron chi connectivity index (χ1n) is 9.15. The third kappa shape index (κ3) is 3.73. The molecule has 0 saturated heterocycles. The first-order chi connectivity index (χ1) is 14.4. The molecule has 3 aromatic carbocycles. The molecule has 0 spiro atoms. The zero-order chi connectivity index (χ0) is 21.3. The number of amides is 1. The van der Waals surface area contributed by atoms with Gasteiger partial charge in [0, 0.05) is 16.7 Å². The van der Waals surface area contributed by atoms with Gasteiger partial charge in [0.1, 0.15) is 11.5 Å². The minimum Gasteiger partial charge on any atom is -0.266 e. The van der Waals surface area contributed by atoms with Crippen LogP contribution < -0.4 is 4.90 Å². The van der Waals surface area contributed by atoms with Crippen molar-refractivity contribution in [1.82, 2.24) is 0 Å². The fraction of sp³-hybridized carbons (Fsp3) is 0.0435. The monoisotopic (exact) mass is 417 g/mol. The Kier molecular flexibility index (Phi) is 5.16. The third-order valence-electron chi connectivity index (χ3n) is 4.68. The van der Waals surface area contributed by atoms with Gasteiger partial charge in [-0.05, 0) is 43.3 Å². The number of hydrogen-bond donors (Lipinski definition) is 0. The average molecular weight is 418 g/mol. The Morgan fingerprint density at radius 3 is 2.33 bits per heavy atom. The van der Waals surface area contributed by atoms with Gasteiger partial charge in [-0.1, -0.05) is 53.6 Å². The van der Waals surface area contributed by atoms with E-state index in [0.717, 1.165) is 11.1 Å². The van der Waals surface area contributed by atoms with E-state index >= 15 is 0 Å². The molecule has 0 saturated carbocycles. The SMILES string of the molecule is Cc1ccc(C2=N/C(=C/c3ccccc3[N+](=O)[O-])C(=O)N2c2ccc(Cl)cc2)cc1. The zero-order valence-electron chi connectivity index (χ0n) is 15.9. The van der Waals surface area contributed by atoms with Crippen molar-refractivity contribution in [3.05, 3.63) is 110 Å². The molecule has 0 radical (unpaired) electrons. The van der Waals surface area contributed by atoms with Crippen LogP contribution in [0.5, 0.6) is 0 Å². The first kappa shape index (κ1) is 19.5. The summed E-state index contributed by atoms with van der Waals surface area (Å²) in [5, 5.41) is 11.9. The Balaban J connectivity index is 1.85. The number of carbonyl (C=O) groups excluding carboxylic acids is 1. The van der Waals surface area contributed by atoms with Gasteiger partial charge in [-0.2, -0.15) is 0 Å². The van der Waals surface area contributed by atoms with Crippen molar-refractivity contribution in [3.63, 3.8) is 0 Å². The van der Waals surface area contributed by atoms with E-state index < -0.39 is 4.92 Å². The second-order valence-electron chi connectivity index (χ2n) is 6.76. The van der Waals surface area contributed by atoms with Gasteiger partial charge in [-0.3, -0.25) is 19.8 Å². The lowest BCUT2D eigenvalue weighted by atomic mass is 10.1. The van der Waals surface area contributed by atoms with E-state index in [2.05, 4.69) is 4.99 Å². The molecule has 0 aromatic heterocycles. The summed E-state index contributed by atoms with van der Waals surface area (Å²) in [5.74, 6) is 0.0817. The standard InChI is InChI=1S/C23H16ClN3O3/c1-15-6-8-16(9-7-15)22-25-20(14-17-4-2-3-5-21(17)27(29)30)23(28)26(22)19-12-10-18(24)11-13-19/h2-14H,1H3/b20-14+. The van der Waals surface area contributed by atoms with Gasteiger partial charge in [-0.15, -0.1) is 0 Å². The van der Waals surface area contributed by atoms with Crippen LogP contribution >= 0.6 is 11.6 Å². The van der Waals surface area contributed by atoms with Gasteiger partial charge in [0.25, 0.3) is 11.6 Å². The van der Waals surface area contributed by atoms with E-state index in [0.29, 0.717) is 22.1 Å². The highest BCUT2D eigenvalue weighted by Crippen LogP contribution is 2.30. The number of anilines is 1. The number of rotatable bonds is 4. The van der Waals surface area contributed by atoms with Crippen LogP contribution in [0.4, 0.5) is 11.4 Å². The van der Waals surface area contributed by atoms with Crippen LogP contribution in [0, 0.1) is 17.0 Å². The lowest BCUT2D eigenvalue weighted by molar-refractivity contribution is -0.385. The van der Waals surface area contributed by atoms with Crippen molar-refractivity contribution in [1.29, 1.82) is 0 Å². The molecule has 1 aliphatic rings. The predicted octanol–water partition coefficient (Wildman–Crippen LogP) is 5.39. The van der Waals surface area contributed by atoms with Crippen LogP contribution in [0.25, 0.3) is 6.08 Å². The number of benzene rings is 3. The molecule has 6 nitrogen and oxygen atoms in total. The number of nitro groups is 1. The lowest BCUT2D eigenvalue weighted by Crippen LogP contribution is -2.32. The Labute approximate surface area is 177 Å². The number of nitrogens with zero attached hydrogens (tertiary/aromatic N) is 3. The van der Waals surface area contributed by atoms with E-state index in [4.69, 9.17) is 11.6 Å². The van der Waals surface area contributed by atoms with Crippen molar-refractivity contribution >= 4 is 40.8 Å². The number of hydrogen-bond acceptors (Lipinski definition) is 4. The number of aliphatic imine (C=N–C) groups is 1. The summed E-state index contributed by atoms with van der Waals surface area (Å²) in [6.45, 7) is 1.97. The minimum atomic E-state index is -0.479. The Bertz CT molecular complexity index is 1200. The normalized spacial score (nSPS) is 14.9.